The van der Waals surface area contributed by atoms with Gasteiger partial charge in [0.25, 0.3) is 0 Å². The summed E-state index contributed by atoms with van der Waals surface area (Å²) in [5.74, 6) is 2.23. The van der Waals surface area contributed by atoms with Crippen molar-refractivity contribution in [2.45, 2.75) is 6.92 Å². The summed E-state index contributed by atoms with van der Waals surface area (Å²) in [5, 5.41) is 0.792. The summed E-state index contributed by atoms with van der Waals surface area (Å²) in [4.78, 5) is 0. The van der Waals surface area contributed by atoms with E-state index in [0.29, 0.717) is 6.61 Å². The molecule has 0 radical (unpaired) electrons. The van der Waals surface area contributed by atoms with Gasteiger partial charge in [-0.05, 0) is 0 Å². The van der Waals surface area contributed by atoms with Crippen molar-refractivity contribution in [2.75, 3.05) is 6.61 Å². The molecule has 0 fully saturated rings. The van der Waals surface area contributed by atoms with Crippen molar-refractivity contribution in [3.8, 4) is 0 Å². The van der Waals surface area contributed by atoms with Gasteiger partial charge < -0.3 is 0 Å². The Balaban J connectivity index is 2.40. The van der Waals surface area contributed by atoms with Crippen molar-refractivity contribution in [3.05, 3.63) is 103 Å². The summed E-state index contributed by atoms with van der Waals surface area (Å²) in [6.45, 7) is 2.65. The van der Waals surface area contributed by atoms with Crippen LogP contribution in [0.25, 0.3) is 0 Å². The Morgan fingerprint density at radius 3 is 1.40 bits per heavy atom. The number of halogens is 1. The van der Waals surface area contributed by atoms with Crippen molar-refractivity contribution >= 4 is 36.7 Å². The minimum atomic E-state index is -2.96. The molecule has 0 saturated carbocycles. The van der Waals surface area contributed by atoms with Gasteiger partial charge in [0.1, 0.15) is 0 Å². The van der Waals surface area contributed by atoms with E-state index in [1.165, 1.54) is 15.9 Å². The van der Waals surface area contributed by atoms with E-state index in [2.05, 4.69) is 112 Å². The van der Waals surface area contributed by atoms with Crippen LogP contribution in [-0.4, -0.2) is 6.61 Å². The van der Waals surface area contributed by atoms with Crippen molar-refractivity contribution in [1.82, 2.24) is 0 Å². The SMILES string of the molecule is CCOC=CP(Br)(c1ccccc1)(c1ccccc1)c1ccccc1. The topological polar surface area (TPSA) is 9.23 Å². The Labute approximate surface area is 158 Å². The van der Waals surface area contributed by atoms with E-state index in [1.54, 1.807) is 0 Å². The Morgan fingerprint density at radius 1 is 0.720 bits per heavy atom. The third-order valence-electron chi connectivity index (χ3n) is 4.39. The molecule has 3 aromatic carbocycles. The van der Waals surface area contributed by atoms with Gasteiger partial charge in [0.05, 0.1) is 0 Å². The summed E-state index contributed by atoms with van der Waals surface area (Å²) in [6, 6.07) is 31.9. The molecule has 0 unspecified atom stereocenters. The standard InChI is InChI=1S/C22H22BrOP/c1-2-24-18-19-25(23,20-12-6-3-7-13-20,21-14-8-4-9-15-21)22-16-10-5-11-17-22/h3-19H,2H2,1H3. The number of ether oxygens (including phenoxy) is 1. The maximum atomic E-state index is 5.64. The third kappa shape index (κ3) is 3.17. The van der Waals surface area contributed by atoms with Crippen molar-refractivity contribution in [1.29, 1.82) is 0 Å². The van der Waals surface area contributed by atoms with E-state index in [0.717, 1.165) is 0 Å². The van der Waals surface area contributed by atoms with Crippen LogP contribution in [0.2, 0.25) is 0 Å². The predicted molar refractivity (Wildman–Crippen MR) is 115 cm³/mol. The van der Waals surface area contributed by atoms with Gasteiger partial charge in [-0.3, -0.25) is 0 Å². The summed E-state index contributed by atoms with van der Waals surface area (Å²) in [6.07, 6.45) is 1.85. The monoisotopic (exact) mass is 412 g/mol. The maximum absolute atomic E-state index is 5.64. The summed E-state index contributed by atoms with van der Waals surface area (Å²) >= 11 is 4.31. The van der Waals surface area contributed by atoms with Crippen LogP contribution in [-0.2, 0) is 4.74 Å². The molecule has 0 saturated heterocycles. The van der Waals surface area contributed by atoms with Gasteiger partial charge in [0.15, 0.2) is 0 Å². The molecule has 3 heteroatoms. The second-order valence-electron chi connectivity index (χ2n) is 5.82. The molecular weight excluding hydrogens is 391 g/mol. The fourth-order valence-electron chi connectivity index (χ4n) is 3.12. The predicted octanol–water partition coefficient (Wildman–Crippen LogP) is 5.33. The molecule has 0 aliphatic carbocycles. The minimum absolute atomic E-state index is 0.647. The van der Waals surface area contributed by atoms with Crippen LogP contribution in [0, 0.1) is 0 Å². The molecule has 1 nitrogen and oxygen atoms in total. The first-order valence-electron chi connectivity index (χ1n) is 8.39. The van der Waals surface area contributed by atoms with E-state index < -0.39 is 5.31 Å². The first-order valence-corrected chi connectivity index (χ1v) is 12.7. The summed E-state index contributed by atoms with van der Waals surface area (Å²) in [5.41, 5.74) is 0. The fourth-order valence-corrected chi connectivity index (χ4v) is 9.53. The van der Waals surface area contributed by atoms with Crippen LogP contribution in [0.15, 0.2) is 103 Å². The van der Waals surface area contributed by atoms with Gasteiger partial charge >= 0.3 is 158 Å². The van der Waals surface area contributed by atoms with E-state index in [-0.39, 0.29) is 0 Å². The van der Waals surface area contributed by atoms with Crippen LogP contribution in [0.3, 0.4) is 0 Å². The van der Waals surface area contributed by atoms with Crippen LogP contribution in [0.1, 0.15) is 6.92 Å². The second kappa shape index (κ2) is 7.56. The van der Waals surface area contributed by atoms with Crippen molar-refractivity contribution < 1.29 is 4.74 Å². The second-order valence-corrected chi connectivity index (χ2v) is 14.2. The normalized spacial score (nSPS) is 13.3. The van der Waals surface area contributed by atoms with E-state index in [9.17, 15) is 0 Å². The molecule has 0 aromatic heterocycles. The summed E-state index contributed by atoms with van der Waals surface area (Å²) in [7, 11) is 0. The number of benzene rings is 3. The molecule has 3 aromatic rings. The molecule has 0 aliphatic heterocycles. The molecule has 128 valence electrons. The fraction of sp³-hybridized carbons (Fsp3) is 0.0909. The number of hydrogen-bond acceptors (Lipinski definition) is 1. The Hall–Kier alpha value is -1.89. The number of hydrogen-bond donors (Lipinski definition) is 0. The third-order valence-corrected chi connectivity index (χ3v) is 13.4. The van der Waals surface area contributed by atoms with E-state index >= 15 is 0 Å². The van der Waals surface area contributed by atoms with Crippen molar-refractivity contribution in [3.63, 3.8) is 0 Å². The molecule has 3 rings (SSSR count). The molecule has 0 amide bonds. The van der Waals surface area contributed by atoms with Gasteiger partial charge in [0, 0.05) is 0 Å². The molecule has 0 spiro atoms. The Morgan fingerprint density at radius 2 is 1.08 bits per heavy atom. The first-order chi connectivity index (χ1) is 12.2. The van der Waals surface area contributed by atoms with Crippen LogP contribution in [0.5, 0.6) is 0 Å². The molecule has 0 aliphatic rings. The van der Waals surface area contributed by atoms with E-state index in [1.807, 2.05) is 13.2 Å². The quantitative estimate of drug-likeness (QED) is 0.392. The molecule has 0 N–H and O–H groups in total. The Bertz CT molecular complexity index is 732. The van der Waals surface area contributed by atoms with E-state index in [4.69, 9.17) is 4.74 Å². The molecular formula is C22H22BrOP. The summed E-state index contributed by atoms with van der Waals surface area (Å²) < 4.78 is 5.64. The van der Waals surface area contributed by atoms with Gasteiger partial charge in [-0.15, -0.1) is 0 Å². The average Bonchev–Trinajstić information content (AvgIpc) is 2.70. The zero-order chi connectivity index (χ0) is 17.6. The molecule has 0 atom stereocenters. The molecule has 0 heterocycles. The molecule has 0 bridgehead atoms. The first kappa shape index (κ1) is 17.9. The van der Waals surface area contributed by atoms with Gasteiger partial charge in [-0.25, -0.2) is 0 Å². The van der Waals surface area contributed by atoms with Gasteiger partial charge in [-0.2, -0.15) is 0 Å². The molecule has 25 heavy (non-hydrogen) atoms. The van der Waals surface area contributed by atoms with Gasteiger partial charge in [-0.1, -0.05) is 0 Å². The zero-order valence-corrected chi connectivity index (χ0v) is 16.7. The average molecular weight is 413 g/mol. The number of rotatable bonds is 6. The van der Waals surface area contributed by atoms with Gasteiger partial charge in [0.2, 0.25) is 0 Å². The Kier molecular flexibility index (Phi) is 5.42. The van der Waals surface area contributed by atoms with Crippen LogP contribution in [0.4, 0.5) is 0 Å². The van der Waals surface area contributed by atoms with Crippen LogP contribution < -0.4 is 15.9 Å². The zero-order valence-electron chi connectivity index (χ0n) is 14.3. The van der Waals surface area contributed by atoms with Crippen LogP contribution >= 0.6 is 20.8 Å². The van der Waals surface area contributed by atoms with Crippen molar-refractivity contribution in [2.24, 2.45) is 0 Å².